The number of nitrogens with one attached hydrogen (secondary N) is 1. The Balaban J connectivity index is 1.60. The molecule has 10 nitrogen and oxygen atoms in total. The topological polar surface area (TPSA) is 134 Å². The van der Waals surface area contributed by atoms with Crippen LogP contribution in [-0.4, -0.2) is 63.0 Å². The number of nitrogen functional groups attached to an aromatic ring is 1. The summed E-state index contributed by atoms with van der Waals surface area (Å²) in [5, 5.41) is 2.03. The number of anilines is 2. The van der Waals surface area contributed by atoms with Crippen molar-refractivity contribution in [2.45, 2.75) is 56.8 Å². The van der Waals surface area contributed by atoms with Crippen LogP contribution in [0.3, 0.4) is 0 Å². The van der Waals surface area contributed by atoms with Crippen molar-refractivity contribution in [2.75, 3.05) is 17.7 Å². The van der Waals surface area contributed by atoms with E-state index in [4.69, 9.17) is 5.73 Å². The van der Waals surface area contributed by atoms with Gasteiger partial charge in [0.05, 0.1) is 24.0 Å². The molecule has 0 radical (unpaired) electrons. The Labute approximate surface area is 211 Å². The third-order valence-corrected chi connectivity index (χ3v) is 7.00. The SMILES string of the molecule is CN(C(=O)[C@@H]1[C@@H](Cc2ccnc(N)c2)C(=O)N1C(=O)NC(C1CCCCC1)C(F)(F)F)c1cncnc1. The van der Waals surface area contributed by atoms with E-state index in [0.717, 1.165) is 6.42 Å². The van der Waals surface area contributed by atoms with E-state index in [9.17, 15) is 27.6 Å². The maximum atomic E-state index is 13.9. The normalized spacial score (nSPS) is 21.2. The lowest BCUT2D eigenvalue weighted by Crippen LogP contribution is -2.71. The molecule has 0 bridgehead atoms. The van der Waals surface area contributed by atoms with Crippen molar-refractivity contribution < 1.29 is 27.6 Å². The fourth-order valence-corrected chi connectivity index (χ4v) is 5.06. The number of likely N-dealkylation sites (N-methyl/N-ethyl adjacent to an activating group) is 1. The van der Waals surface area contributed by atoms with Gasteiger partial charge in [-0.1, -0.05) is 19.3 Å². The number of hydrogen-bond donors (Lipinski definition) is 2. The van der Waals surface area contributed by atoms with E-state index in [2.05, 4.69) is 15.0 Å². The summed E-state index contributed by atoms with van der Waals surface area (Å²) < 4.78 is 41.8. The second-order valence-corrected chi connectivity index (χ2v) is 9.41. The van der Waals surface area contributed by atoms with Crippen LogP contribution in [0.4, 0.5) is 29.5 Å². The van der Waals surface area contributed by atoms with E-state index in [0.29, 0.717) is 41.8 Å². The second kappa shape index (κ2) is 10.7. The van der Waals surface area contributed by atoms with Gasteiger partial charge in [0.15, 0.2) is 0 Å². The van der Waals surface area contributed by atoms with Gasteiger partial charge in [-0.15, -0.1) is 0 Å². The van der Waals surface area contributed by atoms with Gasteiger partial charge in [-0.25, -0.2) is 19.7 Å². The molecule has 3 atom stereocenters. The minimum atomic E-state index is -4.70. The zero-order valence-corrected chi connectivity index (χ0v) is 20.2. The van der Waals surface area contributed by atoms with Gasteiger partial charge in [-0.2, -0.15) is 13.2 Å². The van der Waals surface area contributed by atoms with E-state index in [1.807, 2.05) is 5.32 Å². The zero-order valence-electron chi connectivity index (χ0n) is 20.2. The van der Waals surface area contributed by atoms with Gasteiger partial charge >= 0.3 is 12.2 Å². The first-order valence-electron chi connectivity index (χ1n) is 12.0. The smallest absolute Gasteiger partial charge is 0.384 e. The highest BCUT2D eigenvalue weighted by molar-refractivity contribution is 6.12. The summed E-state index contributed by atoms with van der Waals surface area (Å²) in [7, 11) is 1.42. The summed E-state index contributed by atoms with van der Waals surface area (Å²) in [5.74, 6) is -2.96. The maximum Gasteiger partial charge on any atom is 0.408 e. The molecule has 1 unspecified atom stereocenters. The van der Waals surface area contributed by atoms with Crippen molar-refractivity contribution >= 4 is 29.4 Å². The zero-order chi connectivity index (χ0) is 26.7. The average Bonchev–Trinajstić information content (AvgIpc) is 2.88. The molecule has 1 aliphatic carbocycles. The minimum absolute atomic E-state index is 0.0518. The fraction of sp³-hybridized carbons (Fsp3) is 0.500. The molecule has 13 heteroatoms. The van der Waals surface area contributed by atoms with Crippen LogP contribution in [-0.2, 0) is 16.0 Å². The number of hydrogen-bond acceptors (Lipinski definition) is 7. The van der Waals surface area contributed by atoms with Crippen molar-refractivity contribution in [1.82, 2.24) is 25.2 Å². The number of rotatable bonds is 6. The first-order valence-corrected chi connectivity index (χ1v) is 12.0. The number of carbonyl (C=O) groups is 3. The van der Waals surface area contributed by atoms with Gasteiger partial charge in [0, 0.05) is 13.2 Å². The molecule has 2 fully saturated rings. The molecule has 4 amide bonds. The molecule has 3 heterocycles. The number of β-lactam (4-membered cyclic amide) rings is 1. The number of likely N-dealkylation sites (tertiary alicyclic amines) is 1. The summed E-state index contributed by atoms with van der Waals surface area (Å²) in [5.41, 5.74) is 6.62. The lowest BCUT2D eigenvalue weighted by molar-refractivity contribution is -0.170. The van der Waals surface area contributed by atoms with Gasteiger partial charge in [0.2, 0.25) is 5.91 Å². The molecular weight excluding hydrogens is 491 g/mol. The standard InChI is InChI=1S/C24H28F3N7O3/c1-33(16-11-29-13-30-12-16)22(36)19-17(9-14-7-8-31-18(28)10-14)21(35)34(19)23(37)32-20(24(25,26)27)15-5-3-2-4-6-15/h7-8,10-13,15,17,19-20H,2-6,9H2,1H3,(H2,28,31)(H,32,37)/t17-,19+,20?/m1/s1. The van der Waals surface area contributed by atoms with Crippen LogP contribution < -0.4 is 16.0 Å². The Morgan fingerprint density at radius 1 is 1.22 bits per heavy atom. The lowest BCUT2D eigenvalue weighted by Gasteiger charge is -2.46. The molecule has 1 saturated heterocycles. The van der Waals surface area contributed by atoms with Crippen LogP contribution in [0.5, 0.6) is 0 Å². The first kappa shape index (κ1) is 26.3. The molecule has 3 N–H and O–H groups in total. The van der Waals surface area contributed by atoms with Crippen molar-refractivity contribution in [3.05, 3.63) is 42.6 Å². The fourth-order valence-electron chi connectivity index (χ4n) is 5.06. The number of amides is 4. The van der Waals surface area contributed by atoms with E-state index >= 15 is 0 Å². The monoisotopic (exact) mass is 519 g/mol. The van der Waals surface area contributed by atoms with Gasteiger partial charge in [-0.3, -0.25) is 14.5 Å². The molecule has 4 rings (SSSR count). The third kappa shape index (κ3) is 5.65. The minimum Gasteiger partial charge on any atom is -0.384 e. The summed E-state index contributed by atoms with van der Waals surface area (Å²) in [6.07, 6.45) is 3.58. The van der Waals surface area contributed by atoms with E-state index in [-0.39, 0.29) is 12.2 Å². The van der Waals surface area contributed by atoms with Crippen LogP contribution in [0, 0.1) is 11.8 Å². The van der Waals surface area contributed by atoms with Gasteiger partial charge in [0.1, 0.15) is 24.2 Å². The lowest BCUT2D eigenvalue weighted by atomic mass is 9.81. The van der Waals surface area contributed by atoms with Gasteiger partial charge in [0.25, 0.3) is 5.91 Å². The number of pyridine rings is 1. The molecule has 1 aliphatic heterocycles. The van der Waals surface area contributed by atoms with Crippen LogP contribution in [0.2, 0.25) is 0 Å². The molecular formula is C24H28F3N7O3. The predicted molar refractivity (Wildman–Crippen MR) is 127 cm³/mol. The second-order valence-electron chi connectivity index (χ2n) is 9.41. The van der Waals surface area contributed by atoms with E-state index < -0.39 is 47.9 Å². The predicted octanol–water partition coefficient (Wildman–Crippen LogP) is 2.71. The third-order valence-electron chi connectivity index (χ3n) is 7.00. The number of halogens is 3. The van der Waals surface area contributed by atoms with Crippen LogP contribution in [0.25, 0.3) is 0 Å². The summed E-state index contributed by atoms with van der Waals surface area (Å²) in [6, 6.07) is -1.52. The first-order chi connectivity index (χ1) is 17.6. The van der Waals surface area contributed by atoms with E-state index in [1.165, 1.54) is 42.9 Å². The number of nitrogens with zero attached hydrogens (tertiary/aromatic N) is 5. The van der Waals surface area contributed by atoms with Gasteiger partial charge in [-0.05, 0) is 42.9 Å². The average molecular weight is 520 g/mol. The Morgan fingerprint density at radius 2 is 1.89 bits per heavy atom. The van der Waals surface area contributed by atoms with Crippen molar-refractivity contribution in [3.8, 4) is 0 Å². The largest absolute Gasteiger partial charge is 0.408 e. The molecule has 1 saturated carbocycles. The quantitative estimate of drug-likeness (QED) is 0.561. The Kier molecular flexibility index (Phi) is 7.60. The maximum absolute atomic E-state index is 13.9. The Morgan fingerprint density at radius 3 is 2.51 bits per heavy atom. The molecule has 37 heavy (non-hydrogen) atoms. The molecule has 198 valence electrons. The van der Waals surface area contributed by atoms with Crippen LogP contribution in [0.1, 0.15) is 37.7 Å². The van der Waals surface area contributed by atoms with Crippen molar-refractivity contribution in [1.29, 1.82) is 0 Å². The van der Waals surface area contributed by atoms with Crippen molar-refractivity contribution in [2.24, 2.45) is 11.8 Å². The molecule has 0 spiro atoms. The van der Waals surface area contributed by atoms with Crippen LogP contribution in [0.15, 0.2) is 37.1 Å². The number of imide groups is 1. The van der Waals surface area contributed by atoms with Gasteiger partial charge < -0.3 is 16.0 Å². The number of nitrogens with two attached hydrogens (primary N) is 1. The summed E-state index contributed by atoms with van der Waals surface area (Å²) in [4.78, 5) is 53.1. The highest BCUT2D eigenvalue weighted by Crippen LogP contribution is 2.37. The molecule has 0 aromatic carbocycles. The number of urea groups is 1. The molecule has 2 aromatic heterocycles. The van der Waals surface area contributed by atoms with Crippen molar-refractivity contribution in [3.63, 3.8) is 0 Å². The highest BCUT2D eigenvalue weighted by Gasteiger charge is 2.57. The summed E-state index contributed by atoms with van der Waals surface area (Å²) >= 11 is 0. The molecule has 2 aliphatic rings. The van der Waals surface area contributed by atoms with Crippen LogP contribution >= 0.6 is 0 Å². The van der Waals surface area contributed by atoms with E-state index in [1.54, 1.807) is 6.07 Å². The molecule has 2 aromatic rings. The number of aromatic nitrogens is 3. The number of carbonyl (C=O) groups excluding carboxylic acids is 3. The Hall–Kier alpha value is -3.77. The highest BCUT2D eigenvalue weighted by atomic mass is 19.4. The Bertz CT molecular complexity index is 1140. The number of alkyl halides is 3. The summed E-state index contributed by atoms with van der Waals surface area (Å²) in [6.45, 7) is 0.